The molecule has 1 heterocycles. The summed E-state index contributed by atoms with van der Waals surface area (Å²) in [7, 11) is 0. The number of ether oxygens (including phenoxy) is 1. The van der Waals surface area contributed by atoms with E-state index in [4.69, 9.17) is 20.9 Å². The van der Waals surface area contributed by atoms with Gasteiger partial charge in [-0.2, -0.15) is 4.98 Å². The summed E-state index contributed by atoms with van der Waals surface area (Å²) in [6, 6.07) is 22.0. The van der Waals surface area contributed by atoms with Gasteiger partial charge >= 0.3 is 0 Å². The second kappa shape index (κ2) is 8.80. The fourth-order valence-corrected chi connectivity index (χ4v) is 3.06. The van der Waals surface area contributed by atoms with Gasteiger partial charge < -0.3 is 14.6 Å². The molecule has 3 aromatic carbocycles. The Morgan fingerprint density at radius 3 is 2.67 bits per heavy atom. The van der Waals surface area contributed by atoms with Crippen LogP contribution in [0.5, 0.6) is 5.75 Å². The predicted octanol–water partition coefficient (Wildman–Crippen LogP) is 5.38. The Morgan fingerprint density at radius 1 is 1.03 bits per heavy atom. The number of amides is 1. The summed E-state index contributed by atoms with van der Waals surface area (Å²) >= 11 is 5.92. The third-order valence-corrected chi connectivity index (χ3v) is 4.50. The number of carbonyl (C=O) groups excluding carboxylic acids is 1. The number of carbonyl (C=O) groups is 1. The maximum absolute atomic E-state index is 12.1. The van der Waals surface area contributed by atoms with Crippen molar-refractivity contribution in [2.75, 3.05) is 11.9 Å². The third-order valence-electron chi connectivity index (χ3n) is 4.26. The van der Waals surface area contributed by atoms with Gasteiger partial charge in [-0.05, 0) is 49.4 Å². The van der Waals surface area contributed by atoms with Gasteiger partial charge in [0.2, 0.25) is 5.82 Å². The van der Waals surface area contributed by atoms with E-state index >= 15 is 0 Å². The Balaban J connectivity index is 1.42. The molecule has 1 N–H and O–H groups in total. The van der Waals surface area contributed by atoms with E-state index in [9.17, 15) is 4.79 Å². The summed E-state index contributed by atoms with van der Waals surface area (Å²) in [5.74, 6) is 1.13. The molecule has 0 saturated carbocycles. The smallest absolute Gasteiger partial charge is 0.262 e. The van der Waals surface area contributed by atoms with Crippen LogP contribution >= 0.6 is 11.6 Å². The fraction of sp³-hybridized carbons (Fsp3) is 0.0870. The zero-order valence-electron chi connectivity index (χ0n) is 16.1. The maximum atomic E-state index is 12.1. The fourth-order valence-electron chi connectivity index (χ4n) is 2.87. The molecule has 4 rings (SSSR count). The highest BCUT2D eigenvalue weighted by Gasteiger charge is 2.12. The van der Waals surface area contributed by atoms with Gasteiger partial charge in [0.15, 0.2) is 6.61 Å². The molecule has 0 atom stereocenters. The molecule has 150 valence electrons. The summed E-state index contributed by atoms with van der Waals surface area (Å²) in [5, 5.41) is 7.34. The van der Waals surface area contributed by atoms with Crippen LogP contribution in [-0.2, 0) is 4.79 Å². The molecule has 0 spiro atoms. The topological polar surface area (TPSA) is 77.2 Å². The minimum absolute atomic E-state index is 0.142. The van der Waals surface area contributed by atoms with Crippen LogP contribution in [0.1, 0.15) is 5.56 Å². The second-order valence-electron chi connectivity index (χ2n) is 6.67. The lowest BCUT2D eigenvalue weighted by atomic mass is 10.1. The first-order valence-corrected chi connectivity index (χ1v) is 9.64. The lowest BCUT2D eigenvalue weighted by Crippen LogP contribution is -2.20. The largest absolute Gasteiger partial charge is 0.484 e. The number of benzene rings is 3. The molecule has 0 unspecified atom stereocenters. The Kier molecular flexibility index (Phi) is 5.77. The summed E-state index contributed by atoms with van der Waals surface area (Å²) in [6.07, 6.45) is 0. The molecule has 1 aromatic heterocycles. The van der Waals surface area contributed by atoms with Gasteiger partial charge in [0.05, 0.1) is 0 Å². The zero-order valence-corrected chi connectivity index (χ0v) is 16.9. The van der Waals surface area contributed by atoms with E-state index in [2.05, 4.69) is 15.5 Å². The Labute approximate surface area is 178 Å². The molecule has 0 fully saturated rings. The minimum Gasteiger partial charge on any atom is -0.484 e. The second-order valence-corrected chi connectivity index (χ2v) is 7.10. The molecule has 0 saturated heterocycles. The number of rotatable bonds is 6. The van der Waals surface area contributed by atoms with Crippen LogP contribution in [0.2, 0.25) is 5.02 Å². The van der Waals surface area contributed by atoms with Crippen molar-refractivity contribution in [2.24, 2.45) is 0 Å². The van der Waals surface area contributed by atoms with Gasteiger partial charge in [0.1, 0.15) is 5.75 Å². The highest BCUT2D eigenvalue weighted by atomic mass is 35.5. The van der Waals surface area contributed by atoms with E-state index in [1.54, 1.807) is 36.4 Å². The zero-order chi connectivity index (χ0) is 20.9. The number of aryl methyl sites for hydroxylation is 1. The van der Waals surface area contributed by atoms with Crippen LogP contribution in [0.4, 0.5) is 5.69 Å². The number of hydrogen-bond donors (Lipinski definition) is 1. The van der Waals surface area contributed by atoms with Crippen molar-refractivity contribution in [1.82, 2.24) is 10.1 Å². The van der Waals surface area contributed by atoms with Gasteiger partial charge in [-0.3, -0.25) is 4.79 Å². The summed E-state index contributed by atoms with van der Waals surface area (Å²) < 4.78 is 11.0. The van der Waals surface area contributed by atoms with Crippen LogP contribution in [0, 0.1) is 6.92 Å². The van der Waals surface area contributed by atoms with Gasteiger partial charge in [-0.15, -0.1) is 0 Å². The van der Waals surface area contributed by atoms with Crippen molar-refractivity contribution in [3.8, 4) is 28.6 Å². The molecule has 0 bridgehead atoms. The van der Waals surface area contributed by atoms with Crippen LogP contribution < -0.4 is 10.1 Å². The van der Waals surface area contributed by atoms with Crippen molar-refractivity contribution >= 4 is 23.2 Å². The first kappa shape index (κ1) is 19.7. The Hall–Kier alpha value is -3.64. The molecule has 4 aromatic rings. The maximum Gasteiger partial charge on any atom is 0.262 e. The molecule has 0 aliphatic rings. The number of hydrogen-bond acceptors (Lipinski definition) is 5. The normalized spacial score (nSPS) is 10.6. The quantitative estimate of drug-likeness (QED) is 0.453. The van der Waals surface area contributed by atoms with E-state index in [0.717, 1.165) is 16.7 Å². The van der Waals surface area contributed by atoms with Crippen LogP contribution in [0.3, 0.4) is 0 Å². The molecule has 1 amide bonds. The minimum atomic E-state index is -0.288. The molecular formula is C23H18ClN3O3. The van der Waals surface area contributed by atoms with E-state index in [1.165, 1.54) is 0 Å². The number of nitrogens with one attached hydrogen (secondary N) is 1. The first-order chi connectivity index (χ1) is 14.6. The van der Waals surface area contributed by atoms with Crippen molar-refractivity contribution in [1.29, 1.82) is 0 Å². The van der Waals surface area contributed by atoms with E-state index in [-0.39, 0.29) is 12.5 Å². The monoisotopic (exact) mass is 419 g/mol. The molecule has 0 aliphatic carbocycles. The average molecular weight is 420 g/mol. The number of halogens is 1. The molecule has 6 nitrogen and oxygen atoms in total. The molecule has 0 radical (unpaired) electrons. The Morgan fingerprint density at radius 2 is 1.83 bits per heavy atom. The van der Waals surface area contributed by atoms with E-state index < -0.39 is 0 Å². The summed E-state index contributed by atoms with van der Waals surface area (Å²) in [5.41, 5.74) is 3.31. The number of aromatic nitrogens is 2. The standard InChI is InChI=1S/C23H18ClN3O3/c1-15-5-2-7-17(11-15)23-26-22(27-30-23)16-6-3-10-20(12-16)29-14-21(28)25-19-9-4-8-18(24)13-19/h2-13H,14H2,1H3,(H,25,28). The van der Waals surface area contributed by atoms with Gasteiger partial charge in [0, 0.05) is 21.8 Å². The Bertz CT molecular complexity index is 1190. The SMILES string of the molecule is Cc1cccc(-c2nc(-c3cccc(OCC(=O)Nc4cccc(Cl)c4)c3)no2)c1. The van der Waals surface area contributed by atoms with Gasteiger partial charge in [0.25, 0.3) is 11.8 Å². The predicted molar refractivity (Wildman–Crippen MR) is 115 cm³/mol. The van der Waals surface area contributed by atoms with Gasteiger partial charge in [-0.25, -0.2) is 0 Å². The first-order valence-electron chi connectivity index (χ1n) is 9.26. The van der Waals surface area contributed by atoms with Crippen molar-refractivity contribution < 1.29 is 14.1 Å². The van der Waals surface area contributed by atoms with Crippen molar-refractivity contribution in [2.45, 2.75) is 6.92 Å². The van der Waals surface area contributed by atoms with Crippen LogP contribution in [-0.4, -0.2) is 22.7 Å². The number of nitrogens with zero attached hydrogens (tertiary/aromatic N) is 2. The highest BCUT2D eigenvalue weighted by Crippen LogP contribution is 2.25. The highest BCUT2D eigenvalue weighted by molar-refractivity contribution is 6.30. The van der Waals surface area contributed by atoms with Crippen molar-refractivity contribution in [3.05, 3.63) is 83.4 Å². The van der Waals surface area contributed by atoms with Crippen LogP contribution in [0.25, 0.3) is 22.8 Å². The molecule has 7 heteroatoms. The molecule has 0 aliphatic heterocycles. The lowest BCUT2D eigenvalue weighted by molar-refractivity contribution is -0.118. The number of anilines is 1. The summed E-state index contributed by atoms with van der Waals surface area (Å²) in [4.78, 5) is 16.6. The average Bonchev–Trinajstić information content (AvgIpc) is 3.23. The van der Waals surface area contributed by atoms with E-state index in [1.807, 2.05) is 43.3 Å². The molecule has 30 heavy (non-hydrogen) atoms. The van der Waals surface area contributed by atoms with Crippen molar-refractivity contribution in [3.63, 3.8) is 0 Å². The molecular weight excluding hydrogens is 402 g/mol. The lowest BCUT2D eigenvalue weighted by Gasteiger charge is -2.08. The van der Waals surface area contributed by atoms with E-state index in [0.29, 0.717) is 28.2 Å². The summed E-state index contributed by atoms with van der Waals surface area (Å²) in [6.45, 7) is 1.86. The van der Waals surface area contributed by atoms with Crippen LogP contribution in [0.15, 0.2) is 77.3 Å². The third kappa shape index (κ3) is 4.85. The van der Waals surface area contributed by atoms with Gasteiger partial charge in [-0.1, -0.05) is 52.7 Å².